The average Bonchev–Trinajstić information content (AvgIpc) is 3.18. The topological polar surface area (TPSA) is 116 Å². The van der Waals surface area contributed by atoms with Gasteiger partial charge in [0.25, 0.3) is 0 Å². The number of nitrogens with two attached hydrogens (primary N) is 1. The fourth-order valence-electron chi connectivity index (χ4n) is 3.36. The summed E-state index contributed by atoms with van der Waals surface area (Å²) >= 11 is 0. The van der Waals surface area contributed by atoms with Gasteiger partial charge in [0.15, 0.2) is 11.8 Å². The minimum atomic E-state index is -1.74. The summed E-state index contributed by atoms with van der Waals surface area (Å²) < 4.78 is 16.1. The summed E-state index contributed by atoms with van der Waals surface area (Å²) in [6, 6.07) is 10.7. The van der Waals surface area contributed by atoms with Crippen LogP contribution in [0, 0.1) is 0 Å². The molecule has 152 valence electrons. The second kappa shape index (κ2) is 8.24. The zero-order valence-corrected chi connectivity index (χ0v) is 16.4. The Hall–Kier alpha value is -3.52. The molecular weight excluding hydrogens is 374 g/mol. The summed E-state index contributed by atoms with van der Waals surface area (Å²) in [5.41, 5.74) is 5.79. The van der Waals surface area contributed by atoms with E-state index in [-0.39, 0.29) is 6.54 Å². The van der Waals surface area contributed by atoms with Crippen LogP contribution >= 0.6 is 0 Å². The number of amides is 1. The molecule has 29 heavy (non-hydrogen) atoms. The van der Waals surface area contributed by atoms with Crippen molar-refractivity contribution in [3.63, 3.8) is 0 Å². The lowest BCUT2D eigenvalue weighted by molar-refractivity contribution is -0.130. The lowest BCUT2D eigenvalue weighted by Crippen LogP contribution is -2.53. The normalized spacial score (nSPS) is 12.9. The Bertz CT molecular complexity index is 1020. The van der Waals surface area contributed by atoms with Gasteiger partial charge in [0.1, 0.15) is 17.2 Å². The van der Waals surface area contributed by atoms with E-state index in [9.17, 15) is 9.59 Å². The van der Waals surface area contributed by atoms with Gasteiger partial charge in [-0.05, 0) is 6.07 Å². The predicted octanol–water partition coefficient (Wildman–Crippen LogP) is 1.86. The monoisotopic (exact) mass is 397 g/mol. The molecule has 4 N–H and O–H groups in total. The van der Waals surface area contributed by atoms with E-state index in [2.05, 4.69) is 10.3 Å². The van der Waals surface area contributed by atoms with Crippen LogP contribution in [0.5, 0.6) is 17.2 Å². The molecule has 1 unspecified atom stereocenters. The number of carbonyl (C=O) groups excluding carboxylic acids is 2. The molecule has 0 saturated carbocycles. The Labute approximate surface area is 167 Å². The van der Waals surface area contributed by atoms with E-state index in [4.69, 9.17) is 19.9 Å². The summed E-state index contributed by atoms with van der Waals surface area (Å²) in [6.07, 6.45) is 2.13. The van der Waals surface area contributed by atoms with Crippen molar-refractivity contribution < 1.29 is 23.8 Å². The first-order valence-corrected chi connectivity index (χ1v) is 8.87. The van der Waals surface area contributed by atoms with Gasteiger partial charge in [-0.2, -0.15) is 0 Å². The van der Waals surface area contributed by atoms with Gasteiger partial charge in [-0.15, -0.1) is 0 Å². The Morgan fingerprint density at radius 1 is 1.14 bits per heavy atom. The second-order valence-corrected chi connectivity index (χ2v) is 6.40. The highest BCUT2D eigenvalue weighted by atomic mass is 16.5. The minimum absolute atomic E-state index is 0.0809. The molecular formula is C21H23N3O5. The maximum absolute atomic E-state index is 12.5. The number of primary amides is 1. The molecule has 0 radical (unpaired) electrons. The summed E-state index contributed by atoms with van der Waals surface area (Å²) in [4.78, 5) is 27.7. The highest BCUT2D eigenvalue weighted by molar-refractivity contribution is 6.05. The van der Waals surface area contributed by atoms with E-state index in [0.29, 0.717) is 34.7 Å². The number of ether oxygens (including phenoxy) is 3. The SMILES string of the molecule is COc1cc(OC)c(CNC(C=O)(C(N)=O)c2c[nH]c3ccccc23)c(OC)c1. The van der Waals surface area contributed by atoms with Crippen LogP contribution in [0.25, 0.3) is 10.9 Å². The molecule has 0 aliphatic heterocycles. The van der Waals surface area contributed by atoms with Crippen LogP contribution in [-0.2, 0) is 21.7 Å². The quantitative estimate of drug-likeness (QED) is 0.375. The van der Waals surface area contributed by atoms with E-state index in [1.807, 2.05) is 24.3 Å². The van der Waals surface area contributed by atoms with Gasteiger partial charge >= 0.3 is 0 Å². The van der Waals surface area contributed by atoms with Gasteiger partial charge in [0, 0.05) is 41.3 Å². The first-order chi connectivity index (χ1) is 14.0. The lowest BCUT2D eigenvalue weighted by atomic mass is 9.89. The molecule has 2 aromatic carbocycles. The van der Waals surface area contributed by atoms with Crippen LogP contribution in [0.3, 0.4) is 0 Å². The highest BCUT2D eigenvalue weighted by Crippen LogP contribution is 2.35. The molecule has 0 aliphatic carbocycles. The zero-order chi connectivity index (χ0) is 21.0. The van der Waals surface area contributed by atoms with Gasteiger partial charge in [-0.25, -0.2) is 0 Å². The van der Waals surface area contributed by atoms with E-state index < -0.39 is 11.4 Å². The number of hydrogen-bond acceptors (Lipinski definition) is 6. The first-order valence-electron chi connectivity index (χ1n) is 8.87. The van der Waals surface area contributed by atoms with Crippen molar-refractivity contribution >= 4 is 23.1 Å². The van der Waals surface area contributed by atoms with E-state index >= 15 is 0 Å². The maximum atomic E-state index is 12.5. The smallest absolute Gasteiger partial charge is 0.249 e. The third-order valence-corrected chi connectivity index (χ3v) is 4.94. The van der Waals surface area contributed by atoms with Crippen molar-refractivity contribution in [1.82, 2.24) is 10.3 Å². The van der Waals surface area contributed by atoms with Crippen molar-refractivity contribution in [2.45, 2.75) is 12.1 Å². The van der Waals surface area contributed by atoms with Crippen LogP contribution in [0.4, 0.5) is 0 Å². The molecule has 3 aromatic rings. The molecule has 0 saturated heterocycles. The zero-order valence-electron chi connectivity index (χ0n) is 16.4. The Kier molecular flexibility index (Phi) is 5.74. The number of methoxy groups -OCH3 is 3. The van der Waals surface area contributed by atoms with Crippen molar-refractivity contribution in [3.05, 3.63) is 53.7 Å². The molecule has 0 bridgehead atoms. The molecule has 1 heterocycles. The number of rotatable bonds is 9. The number of para-hydroxylation sites is 1. The third-order valence-electron chi connectivity index (χ3n) is 4.94. The van der Waals surface area contributed by atoms with Gasteiger partial charge in [0.05, 0.1) is 26.9 Å². The summed E-state index contributed by atoms with van der Waals surface area (Å²) in [7, 11) is 4.56. The number of benzene rings is 2. The number of carbonyl (C=O) groups is 2. The Morgan fingerprint density at radius 3 is 2.34 bits per heavy atom. The van der Waals surface area contributed by atoms with Crippen molar-refractivity contribution in [2.24, 2.45) is 5.73 Å². The summed E-state index contributed by atoms with van der Waals surface area (Å²) in [5.74, 6) is 0.702. The number of H-pyrrole nitrogens is 1. The Morgan fingerprint density at radius 2 is 1.79 bits per heavy atom. The molecule has 8 heteroatoms. The third kappa shape index (κ3) is 3.50. The predicted molar refractivity (Wildman–Crippen MR) is 108 cm³/mol. The van der Waals surface area contributed by atoms with E-state index in [0.717, 1.165) is 10.9 Å². The molecule has 0 aliphatic rings. The second-order valence-electron chi connectivity index (χ2n) is 6.40. The van der Waals surface area contributed by atoms with E-state index in [1.54, 1.807) is 18.3 Å². The first kappa shape index (κ1) is 20.2. The molecule has 3 rings (SSSR count). The molecule has 8 nitrogen and oxygen atoms in total. The summed E-state index contributed by atoms with van der Waals surface area (Å²) in [5, 5.41) is 3.74. The fraction of sp³-hybridized carbons (Fsp3) is 0.238. The van der Waals surface area contributed by atoms with Crippen LogP contribution in [-0.4, -0.2) is 38.5 Å². The highest BCUT2D eigenvalue weighted by Gasteiger charge is 2.40. The van der Waals surface area contributed by atoms with E-state index in [1.165, 1.54) is 21.3 Å². The minimum Gasteiger partial charge on any atom is -0.496 e. The number of aromatic amines is 1. The number of aromatic nitrogens is 1. The largest absolute Gasteiger partial charge is 0.496 e. The molecule has 0 fully saturated rings. The van der Waals surface area contributed by atoms with Gasteiger partial charge in [0.2, 0.25) is 5.91 Å². The standard InChI is InChI=1S/C21H23N3O5/c1-27-13-8-18(28-2)15(19(9-13)29-3)10-24-21(12-25,20(22)26)16-11-23-17-7-5-4-6-14(16)17/h4-9,11-12,23-24H,10H2,1-3H3,(H2,22,26). The van der Waals surface area contributed by atoms with Crippen molar-refractivity contribution in [1.29, 1.82) is 0 Å². The van der Waals surface area contributed by atoms with Crippen LogP contribution in [0.15, 0.2) is 42.6 Å². The number of aldehydes is 1. The van der Waals surface area contributed by atoms with Crippen molar-refractivity contribution in [3.8, 4) is 17.2 Å². The van der Waals surface area contributed by atoms with Crippen LogP contribution in [0.1, 0.15) is 11.1 Å². The van der Waals surface area contributed by atoms with Crippen molar-refractivity contribution in [2.75, 3.05) is 21.3 Å². The van der Waals surface area contributed by atoms with Gasteiger partial charge in [-0.3, -0.25) is 10.1 Å². The number of hydrogen-bond donors (Lipinski definition) is 3. The molecule has 1 aromatic heterocycles. The Balaban J connectivity index is 2.06. The van der Waals surface area contributed by atoms with Gasteiger partial charge < -0.3 is 29.7 Å². The number of nitrogens with one attached hydrogen (secondary N) is 2. The maximum Gasteiger partial charge on any atom is 0.249 e. The number of fused-ring (bicyclic) bond motifs is 1. The lowest BCUT2D eigenvalue weighted by Gasteiger charge is -2.27. The fourth-order valence-corrected chi connectivity index (χ4v) is 3.36. The molecule has 1 atom stereocenters. The molecule has 1 amide bonds. The average molecular weight is 397 g/mol. The van der Waals surface area contributed by atoms with Crippen LogP contribution < -0.4 is 25.3 Å². The summed E-state index contributed by atoms with van der Waals surface area (Å²) in [6.45, 7) is 0.0809. The molecule has 0 spiro atoms. The van der Waals surface area contributed by atoms with Crippen LogP contribution in [0.2, 0.25) is 0 Å². The van der Waals surface area contributed by atoms with Gasteiger partial charge in [-0.1, -0.05) is 18.2 Å².